The van der Waals surface area contributed by atoms with Crippen molar-refractivity contribution in [2.24, 2.45) is 0 Å². The highest BCUT2D eigenvalue weighted by molar-refractivity contribution is 7.89. The number of amides is 1. The maximum atomic E-state index is 12.7. The second-order valence-electron chi connectivity index (χ2n) is 7.38. The van der Waals surface area contributed by atoms with Crippen LogP contribution in [0.15, 0.2) is 53.4 Å². The highest BCUT2D eigenvalue weighted by Gasteiger charge is 2.25. The summed E-state index contributed by atoms with van der Waals surface area (Å²) in [6, 6.07) is 15.2. The number of hydrogen-bond acceptors (Lipinski definition) is 5. The highest BCUT2D eigenvalue weighted by Crippen LogP contribution is 2.22. The van der Waals surface area contributed by atoms with Crippen LogP contribution in [-0.2, 0) is 21.2 Å². The molecular weight excluding hydrogens is 400 g/mol. The molecule has 30 heavy (non-hydrogen) atoms. The lowest BCUT2D eigenvalue weighted by Gasteiger charge is -2.25. The Hall–Kier alpha value is -2.89. The Morgan fingerprint density at radius 3 is 2.23 bits per heavy atom. The van der Waals surface area contributed by atoms with Crippen molar-refractivity contribution in [3.05, 3.63) is 54.1 Å². The molecule has 1 amide bonds. The summed E-state index contributed by atoms with van der Waals surface area (Å²) in [5.74, 6) is -0.234. The molecule has 0 spiro atoms. The minimum Gasteiger partial charge on any atom is -0.374 e. The van der Waals surface area contributed by atoms with Gasteiger partial charge in [-0.25, -0.2) is 8.42 Å². The van der Waals surface area contributed by atoms with Crippen LogP contribution in [0.4, 0.5) is 11.4 Å². The van der Waals surface area contributed by atoms with Crippen molar-refractivity contribution in [3.63, 3.8) is 0 Å². The molecule has 0 radical (unpaired) electrons. The number of carbonyl (C=O) groups is 1. The number of piperidine rings is 1. The van der Waals surface area contributed by atoms with Crippen molar-refractivity contribution in [1.82, 2.24) is 4.31 Å². The fourth-order valence-corrected chi connectivity index (χ4v) is 4.86. The van der Waals surface area contributed by atoms with E-state index in [0.717, 1.165) is 30.5 Å². The zero-order valence-corrected chi connectivity index (χ0v) is 17.8. The summed E-state index contributed by atoms with van der Waals surface area (Å²) in [7, 11) is -3.48. The van der Waals surface area contributed by atoms with Gasteiger partial charge >= 0.3 is 0 Å². The van der Waals surface area contributed by atoms with Gasteiger partial charge in [0.1, 0.15) is 6.04 Å². The van der Waals surface area contributed by atoms with Crippen molar-refractivity contribution in [1.29, 1.82) is 5.26 Å². The van der Waals surface area contributed by atoms with E-state index < -0.39 is 16.1 Å². The molecule has 2 N–H and O–H groups in total. The SMILES string of the molecule is CC(Nc1ccc(CC#N)cc1)C(=O)Nc1ccc(S(=O)(=O)N2CCCCC2)cc1. The number of anilines is 2. The molecule has 0 aliphatic carbocycles. The van der Waals surface area contributed by atoms with Crippen LogP contribution in [0.5, 0.6) is 0 Å². The molecule has 3 rings (SSSR count). The van der Waals surface area contributed by atoms with E-state index in [9.17, 15) is 13.2 Å². The average Bonchev–Trinajstić information content (AvgIpc) is 2.76. The van der Waals surface area contributed by atoms with Gasteiger partial charge in [0.05, 0.1) is 17.4 Å². The Morgan fingerprint density at radius 1 is 1.03 bits per heavy atom. The van der Waals surface area contributed by atoms with Crippen molar-refractivity contribution in [2.75, 3.05) is 23.7 Å². The van der Waals surface area contributed by atoms with Crippen LogP contribution >= 0.6 is 0 Å². The van der Waals surface area contributed by atoms with Crippen LogP contribution in [-0.4, -0.2) is 37.8 Å². The van der Waals surface area contributed by atoms with Crippen molar-refractivity contribution in [3.8, 4) is 6.07 Å². The first-order valence-corrected chi connectivity index (χ1v) is 11.5. The zero-order chi connectivity index (χ0) is 21.6. The molecule has 1 aliphatic heterocycles. The predicted octanol–water partition coefficient (Wildman–Crippen LogP) is 3.37. The molecule has 1 aliphatic rings. The van der Waals surface area contributed by atoms with E-state index >= 15 is 0 Å². The minimum absolute atomic E-state index is 0.234. The van der Waals surface area contributed by atoms with E-state index in [1.54, 1.807) is 19.1 Å². The lowest BCUT2D eigenvalue weighted by molar-refractivity contribution is -0.116. The smallest absolute Gasteiger partial charge is 0.246 e. The summed E-state index contributed by atoms with van der Waals surface area (Å²) in [6.07, 6.45) is 3.19. The molecular formula is C22H26N4O3S. The Balaban J connectivity index is 1.59. The largest absolute Gasteiger partial charge is 0.374 e. The number of carbonyl (C=O) groups excluding carboxylic acids is 1. The van der Waals surface area contributed by atoms with Crippen LogP contribution in [0.1, 0.15) is 31.7 Å². The molecule has 0 saturated carbocycles. The van der Waals surface area contributed by atoms with Gasteiger partial charge < -0.3 is 10.6 Å². The lowest BCUT2D eigenvalue weighted by atomic mass is 10.1. The van der Waals surface area contributed by atoms with E-state index in [1.165, 1.54) is 16.4 Å². The van der Waals surface area contributed by atoms with Crippen molar-refractivity contribution in [2.45, 2.75) is 43.5 Å². The molecule has 0 bridgehead atoms. The van der Waals surface area contributed by atoms with E-state index in [-0.39, 0.29) is 10.8 Å². The molecule has 8 heteroatoms. The first-order valence-electron chi connectivity index (χ1n) is 10.0. The van der Waals surface area contributed by atoms with E-state index in [4.69, 9.17) is 5.26 Å². The number of hydrogen-bond donors (Lipinski definition) is 2. The summed E-state index contributed by atoms with van der Waals surface area (Å²) in [5.41, 5.74) is 2.23. The van der Waals surface area contributed by atoms with Gasteiger partial charge in [0.15, 0.2) is 0 Å². The lowest BCUT2D eigenvalue weighted by Crippen LogP contribution is -2.35. The summed E-state index contributed by atoms with van der Waals surface area (Å²) < 4.78 is 26.9. The molecule has 1 atom stereocenters. The van der Waals surface area contributed by atoms with E-state index in [1.807, 2.05) is 24.3 Å². The third-order valence-electron chi connectivity index (χ3n) is 5.09. The molecule has 2 aromatic carbocycles. The van der Waals surface area contributed by atoms with Gasteiger partial charge in [-0.2, -0.15) is 9.57 Å². The normalized spacial score (nSPS) is 15.7. The monoisotopic (exact) mass is 426 g/mol. The molecule has 7 nitrogen and oxygen atoms in total. The number of rotatable bonds is 7. The minimum atomic E-state index is -3.48. The first-order chi connectivity index (χ1) is 14.4. The van der Waals surface area contributed by atoms with Gasteiger partial charge in [-0.3, -0.25) is 4.79 Å². The first kappa shape index (κ1) is 21.8. The maximum Gasteiger partial charge on any atom is 0.246 e. The molecule has 2 aromatic rings. The van der Waals surface area contributed by atoms with Crippen LogP contribution in [0, 0.1) is 11.3 Å². The second-order valence-corrected chi connectivity index (χ2v) is 9.31. The molecule has 0 aromatic heterocycles. The topological polar surface area (TPSA) is 102 Å². The zero-order valence-electron chi connectivity index (χ0n) is 17.0. The number of nitrogens with zero attached hydrogens (tertiary/aromatic N) is 2. The fraction of sp³-hybridized carbons (Fsp3) is 0.364. The highest BCUT2D eigenvalue weighted by atomic mass is 32.2. The number of nitriles is 1. The molecule has 1 unspecified atom stereocenters. The van der Waals surface area contributed by atoms with E-state index in [0.29, 0.717) is 25.2 Å². The molecule has 1 heterocycles. The predicted molar refractivity (Wildman–Crippen MR) is 117 cm³/mol. The molecule has 1 fully saturated rings. The number of nitrogens with one attached hydrogen (secondary N) is 2. The van der Waals surface area contributed by atoms with Crippen LogP contribution in [0.25, 0.3) is 0 Å². The van der Waals surface area contributed by atoms with Gasteiger partial charge in [0.25, 0.3) is 0 Å². The van der Waals surface area contributed by atoms with Gasteiger partial charge in [-0.15, -0.1) is 0 Å². The summed E-state index contributed by atoms with van der Waals surface area (Å²) >= 11 is 0. The van der Waals surface area contributed by atoms with Crippen LogP contribution in [0.3, 0.4) is 0 Å². The Labute approximate surface area is 177 Å². The van der Waals surface area contributed by atoms with Gasteiger partial charge in [0, 0.05) is 24.5 Å². The Kier molecular flexibility index (Phi) is 7.08. The second kappa shape index (κ2) is 9.74. The average molecular weight is 427 g/mol. The Morgan fingerprint density at radius 2 is 1.63 bits per heavy atom. The van der Waals surface area contributed by atoms with Gasteiger partial charge in [-0.1, -0.05) is 18.6 Å². The third-order valence-corrected chi connectivity index (χ3v) is 7.00. The standard InChI is InChI=1S/C22H26N4O3S/c1-17(24-19-7-5-18(6-8-19)13-14-23)22(27)25-20-9-11-21(12-10-20)30(28,29)26-15-3-2-4-16-26/h5-12,17,24H,2-4,13,15-16H2,1H3,(H,25,27). The van der Waals surface area contributed by atoms with E-state index in [2.05, 4.69) is 16.7 Å². The van der Waals surface area contributed by atoms with Crippen LogP contribution in [0.2, 0.25) is 0 Å². The summed E-state index contributed by atoms with van der Waals surface area (Å²) in [6.45, 7) is 2.86. The summed E-state index contributed by atoms with van der Waals surface area (Å²) in [5, 5.41) is 14.6. The number of benzene rings is 2. The quantitative estimate of drug-likeness (QED) is 0.707. The van der Waals surface area contributed by atoms with Crippen molar-refractivity contribution >= 4 is 27.3 Å². The number of sulfonamides is 1. The maximum absolute atomic E-state index is 12.7. The van der Waals surface area contributed by atoms with Gasteiger partial charge in [0.2, 0.25) is 15.9 Å². The van der Waals surface area contributed by atoms with Gasteiger partial charge in [-0.05, 0) is 61.7 Å². The Bertz CT molecular complexity index is 1010. The fourth-order valence-electron chi connectivity index (χ4n) is 3.34. The van der Waals surface area contributed by atoms with Crippen molar-refractivity contribution < 1.29 is 13.2 Å². The third kappa shape index (κ3) is 5.38. The molecule has 158 valence electrons. The van der Waals surface area contributed by atoms with Crippen LogP contribution < -0.4 is 10.6 Å². The summed E-state index contributed by atoms with van der Waals surface area (Å²) in [4.78, 5) is 12.7. The molecule has 1 saturated heterocycles.